The topological polar surface area (TPSA) is 24.4 Å². The van der Waals surface area contributed by atoms with Crippen molar-refractivity contribution in [3.05, 3.63) is 63.6 Å². The highest BCUT2D eigenvalue weighted by atomic mass is 35.5. The quantitative estimate of drug-likeness (QED) is 0.593. The minimum Gasteiger partial charge on any atom is -0.309 e. The predicted molar refractivity (Wildman–Crippen MR) is 116 cm³/mol. The van der Waals surface area contributed by atoms with Crippen LogP contribution in [0.25, 0.3) is 0 Å². The van der Waals surface area contributed by atoms with Gasteiger partial charge in [0.25, 0.3) is 0 Å². The average molecular weight is 401 g/mol. The Morgan fingerprint density at radius 2 is 1.89 bits per heavy atom. The molecule has 27 heavy (non-hydrogen) atoms. The van der Waals surface area contributed by atoms with Crippen molar-refractivity contribution in [3.63, 3.8) is 0 Å². The summed E-state index contributed by atoms with van der Waals surface area (Å²) >= 11 is 12.6. The van der Waals surface area contributed by atoms with Crippen LogP contribution in [0.3, 0.4) is 0 Å². The van der Waals surface area contributed by atoms with Crippen molar-refractivity contribution in [3.8, 4) is 0 Å². The summed E-state index contributed by atoms with van der Waals surface area (Å²) in [7, 11) is 0. The Bertz CT molecular complexity index is 884. The van der Waals surface area contributed by atoms with E-state index in [0.717, 1.165) is 35.1 Å². The SMILES string of the molecule is CC(C)(C)C[C@H]1CCN[C@@H](c2cccc(Cl)c2)[C@]12C=Nc1cc(Cl)ccc12. The molecule has 2 nitrogen and oxygen atoms in total. The second-order valence-electron chi connectivity index (χ2n) is 9.05. The van der Waals surface area contributed by atoms with Crippen LogP contribution in [0.5, 0.6) is 0 Å². The van der Waals surface area contributed by atoms with Crippen molar-refractivity contribution in [2.24, 2.45) is 16.3 Å². The molecule has 1 spiro atoms. The van der Waals surface area contributed by atoms with Gasteiger partial charge in [-0.3, -0.25) is 4.99 Å². The van der Waals surface area contributed by atoms with E-state index in [-0.39, 0.29) is 16.9 Å². The number of nitrogens with one attached hydrogen (secondary N) is 1. The highest BCUT2D eigenvalue weighted by Crippen LogP contribution is 2.55. The van der Waals surface area contributed by atoms with E-state index in [9.17, 15) is 0 Å². The zero-order valence-electron chi connectivity index (χ0n) is 16.1. The molecule has 0 amide bonds. The number of nitrogens with zero attached hydrogens (tertiary/aromatic N) is 1. The van der Waals surface area contributed by atoms with Crippen LogP contribution in [0.15, 0.2) is 47.5 Å². The van der Waals surface area contributed by atoms with Gasteiger partial charge in [-0.05, 0) is 66.1 Å². The first-order valence-corrected chi connectivity index (χ1v) is 10.4. The van der Waals surface area contributed by atoms with Gasteiger partial charge >= 0.3 is 0 Å². The fourth-order valence-electron chi connectivity index (χ4n) is 4.91. The van der Waals surface area contributed by atoms with E-state index in [2.05, 4.69) is 50.5 Å². The van der Waals surface area contributed by atoms with Gasteiger partial charge in [-0.1, -0.05) is 62.2 Å². The fraction of sp³-hybridized carbons (Fsp3) is 0.435. The molecule has 4 heteroatoms. The minimum absolute atomic E-state index is 0.142. The molecular formula is C23H26Cl2N2. The first-order valence-electron chi connectivity index (χ1n) is 9.64. The average Bonchev–Trinajstić information content (AvgIpc) is 2.95. The summed E-state index contributed by atoms with van der Waals surface area (Å²) < 4.78 is 0. The maximum Gasteiger partial charge on any atom is 0.0683 e. The lowest BCUT2D eigenvalue weighted by Crippen LogP contribution is -2.53. The van der Waals surface area contributed by atoms with E-state index in [1.165, 1.54) is 11.1 Å². The predicted octanol–water partition coefficient (Wildman–Crippen LogP) is 6.73. The molecule has 3 atom stereocenters. The van der Waals surface area contributed by atoms with E-state index in [1.807, 2.05) is 24.3 Å². The maximum atomic E-state index is 6.34. The third-order valence-electron chi connectivity index (χ3n) is 5.88. The second kappa shape index (κ2) is 6.92. The largest absolute Gasteiger partial charge is 0.309 e. The van der Waals surface area contributed by atoms with E-state index in [1.54, 1.807) is 0 Å². The number of fused-ring (bicyclic) bond motifs is 2. The van der Waals surface area contributed by atoms with Crippen molar-refractivity contribution in [1.29, 1.82) is 0 Å². The van der Waals surface area contributed by atoms with Crippen LogP contribution in [-0.2, 0) is 5.41 Å². The summed E-state index contributed by atoms with van der Waals surface area (Å²) in [5.74, 6) is 0.494. The molecule has 4 rings (SSSR count). The molecule has 0 aliphatic carbocycles. The number of piperidine rings is 1. The molecule has 1 saturated heterocycles. The Balaban J connectivity index is 1.88. The number of halogens is 2. The van der Waals surface area contributed by atoms with Crippen LogP contribution in [-0.4, -0.2) is 12.8 Å². The maximum absolute atomic E-state index is 6.34. The lowest BCUT2D eigenvalue weighted by molar-refractivity contribution is 0.154. The smallest absolute Gasteiger partial charge is 0.0683 e. The molecule has 2 aromatic carbocycles. The molecule has 1 fully saturated rings. The number of hydrogen-bond donors (Lipinski definition) is 1. The molecule has 2 aromatic rings. The summed E-state index contributed by atoms with van der Waals surface area (Å²) in [6.45, 7) is 7.97. The standard InChI is InChI=1S/C23H26Cl2N2/c1-22(2,3)13-16-9-10-26-21(15-5-4-6-17(24)11-15)23(16)14-27-20-12-18(25)7-8-19(20)23/h4-8,11-12,14,16,21,26H,9-10,13H2,1-3H3/t16-,21+,23-/m1/s1. The van der Waals surface area contributed by atoms with E-state index >= 15 is 0 Å². The molecule has 2 aliphatic rings. The molecule has 142 valence electrons. The molecule has 0 unspecified atom stereocenters. The van der Waals surface area contributed by atoms with Crippen molar-refractivity contribution in [2.45, 2.75) is 45.1 Å². The van der Waals surface area contributed by atoms with Gasteiger partial charge in [0.1, 0.15) is 0 Å². The zero-order chi connectivity index (χ0) is 19.2. The van der Waals surface area contributed by atoms with Gasteiger partial charge < -0.3 is 5.32 Å². The van der Waals surface area contributed by atoms with Gasteiger partial charge in [-0.25, -0.2) is 0 Å². The van der Waals surface area contributed by atoms with Crippen LogP contribution >= 0.6 is 23.2 Å². The minimum atomic E-state index is -0.184. The third kappa shape index (κ3) is 3.44. The Morgan fingerprint density at radius 1 is 1.11 bits per heavy atom. The van der Waals surface area contributed by atoms with Crippen LogP contribution in [0, 0.1) is 11.3 Å². The van der Waals surface area contributed by atoms with Gasteiger partial charge in [0, 0.05) is 22.3 Å². The van der Waals surface area contributed by atoms with Gasteiger partial charge in [-0.2, -0.15) is 0 Å². The first kappa shape index (κ1) is 19.0. The van der Waals surface area contributed by atoms with E-state index in [4.69, 9.17) is 28.2 Å². The summed E-state index contributed by atoms with van der Waals surface area (Å²) in [6.07, 6.45) is 4.45. The van der Waals surface area contributed by atoms with Crippen molar-refractivity contribution < 1.29 is 0 Å². The lowest BCUT2D eigenvalue weighted by atomic mass is 9.59. The fourth-order valence-corrected chi connectivity index (χ4v) is 5.28. The molecule has 0 saturated carbocycles. The molecule has 1 N–H and O–H groups in total. The monoisotopic (exact) mass is 400 g/mol. The number of benzene rings is 2. The van der Waals surface area contributed by atoms with Crippen LogP contribution in [0.2, 0.25) is 10.0 Å². The summed E-state index contributed by atoms with van der Waals surface area (Å²) in [4.78, 5) is 4.83. The van der Waals surface area contributed by atoms with Gasteiger partial charge in [-0.15, -0.1) is 0 Å². The highest BCUT2D eigenvalue weighted by molar-refractivity contribution is 6.31. The van der Waals surface area contributed by atoms with E-state index < -0.39 is 0 Å². The Morgan fingerprint density at radius 3 is 2.63 bits per heavy atom. The number of aliphatic imine (C=N–C) groups is 1. The summed E-state index contributed by atoms with van der Waals surface area (Å²) in [6, 6.07) is 14.5. The molecule has 0 bridgehead atoms. The first-order chi connectivity index (χ1) is 12.8. The molecular weight excluding hydrogens is 375 g/mol. The van der Waals surface area contributed by atoms with Crippen molar-refractivity contribution >= 4 is 35.1 Å². The Kier molecular flexibility index (Phi) is 4.86. The lowest BCUT2D eigenvalue weighted by Gasteiger charge is -2.49. The van der Waals surface area contributed by atoms with Gasteiger partial charge in [0.2, 0.25) is 0 Å². The normalized spacial score (nSPS) is 27.1. The van der Waals surface area contributed by atoms with Gasteiger partial charge in [0.05, 0.1) is 11.1 Å². The van der Waals surface area contributed by atoms with Crippen LogP contribution in [0.4, 0.5) is 5.69 Å². The zero-order valence-corrected chi connectivity index (χ0v) is 17.6. The summed E-state index contributed by atoms with van der Waals surface area (Å²) in [5, 5.41) is 5.29. The third-order valence-corrected chi connectivity index (χ3v) is 6.35. The van der Waals surface area contributed by atoms with Gasteiger partial charge in [0.15, 0.2) is 0 Å². The van der Waals surface area contributed by atoms with Crippen molar-refractivity contribution in [2.75, 3.05) is 6.54 Å². The molecule has 2 heterocycles. The molecule has 2 aliphatic heterocycles. The second-order valence-corrected chi connectivity index (χ2v) is 9.92. The highest BCUT2D eigenvalue weighted by Gasteiger charge is 2.52. The molecule has 0 aromatic heterocycles. The number of hydrogen-bond acceptors (Lipinski definition) is 2. The molecule has 0 radical (unpaired) electrons. The van der Waals surface area contributed by atoms with Crippen LogP contribution in [0.1, 0.15) is 50.8 Å². The van der Waals surface area contributed by atoms with Crippen LogP contribution < -0.4 is 5.32 Å². The van der Waals surface area contributed by atoms with E-state index in [0.29, 0.717) is 5.92 Å². The van der Waals surface area contributed by atoms with Crippen molar-refractivity contribution in [1.82, 2.24) is 5.32 Å². The number of rotatable bonds is 2. The Labute approximate surface area is 172 Å². The Hall–Kier alpha value is -1.35. The summed E-state index contributed by atoms with van der Waals surface area (Å²) in [5.41, 5.74) is 3.55.